The van der Waals surface area contributed by atoms with E-state index in [0.29, 0.717) is 19.1 Å². The first kappa shape index (κ1) is 26.3. The number of fused-ring (bicyclic) bond motifs is 1. The van der Waals surface area contributed by atoms with Gasteiger partial charge in [0.2, 0.25) is 0 Å². The van der Waals surface area contributed by atoms with Crippen LogP contribution in [0, 0.1) is 0 Å². The van der Waals surface area contributed by atoms with Gasteiger partial charge in [0.25, 0.3) is 0 Å². The molecule has 1 aliphatic heterocycles. The van der Waals surface area contributed by atoms with Crippen molar-refractivity contribution in [3.8, 4) is 17.2 Å². The Balaban J connectivity index is 1.70. The van der Waals surface area contributed by atoms with Crippen LogP contribution in [0.2, 0.25) is 0 Å². The van der Waals surface area contributed by atoms with Crippen LogP contribution in [0.4, 0.5) is 0 Å². The maximum atomic E-state index is 10.9. The smallest absolute Gasteiger partial charge is 0.302 e. The van der Waals surface area contributed by atoms with Gasteiger partial charge in [-0.2, -0.15) is 0 Å². The zero-order valence-corrected chi connectivity index (χ0v) is 21.7. The second-order valence-corrected chi connectivity index (χ2v) is 9.95. The highest BCUT2D eigenvalue weighted by Crippen LogP contribution is 2.55. The van der Waals surface area contributed by atoms with Crippen LogP contribution in [0.5, 0.6) is 17.2 Å². The average molecular weight is 487 g/mol. The van der Waals surface area contributed by atoms with Crippen LogP contribution < -0.4 is 14.2 Å². The van der Waals surface area contributed by atoms with E-state index in [1.54, 1.807) is 14.2 Å². The van der Waals surface area contributed by atoms with Crippen molar-refractivity contribution in [3.63, 3.8) is 0 Å². The minimum absolute atomic E-state index is 0.155. The Labute approximate surface area is 208 Å². The molecule has 0 N–H and O–H groups in total. The summed E-state index contributed by atoms with van der Waals surface area (Å²) in [5.41, 5.74) is 2.54. The normalized spacial score (nSPS) is 19.1. The fourth-order valence-corrected chi connectivity index (χ4v) is 5.91. The first-order valence-electron chi connectivity index (χ1n) is 12.2. The zero-order chi connectivity index (χ0) is 24.4. The van der Waals surface area contributed by atoms with Crippen molar-refractivity contribution in [3.05, 3.63) is 53.6 Å². The molecule has 0 saturated heterocycles. The minimum Gasteiger partial charge on any atom is -0.497 e. The van der Waals surface area contributed by atoms with Crippen molar-refractivity contribution in [2.45, 2.75) is 62.5 Å². The lowest BCUT2D eigenvalue weighted by Gasteiger charge is -2.44. The van der Waals surface area contributed by atoms with E-state index in [-0.39, 0.29) is 10.7 Å². The van der Waals surface area contributed by atoms with Crippen LogP contribution in [0.25, 0.3) is 0 Å². The second-order valence-electron chi connectivity index (χ2n) is 8.82. The molecule has 2 atom stereocenters. The van der Waals surface area contributed by atoms with Crippen LogP contribution >= 0.6 is 11.8 Å². The Hall–Kier alpha value is -2.34. The molecule has 0 radical (unpaired) electrons. The minimum atomic E-state index is -0.191. The Morgan fingerprint density at radius 2 is 1.62 bits per heavy atom. The number of hydrogen-bond donors (Lipinski definition) is 0. The van der Waals surface area contributed by atoms with Gasteiger partial charge in [0.05, 0.1) is 25.6 Å². The third-order valence-electron chi connectivity index (χ3n) is 6.74. The maximum absolute atomic E-state index is 10.9. The lowest BCUT2D eigenvalue weighted by Crippen LogP contribution is -2.40. The van der Waals surface area contributed by atoms with Gasteiger partial charge in [-0.05, 0) is 48.4 Å². The van der Waals surface area contributed by atoms with E-state index >= 15 is 0 Å². The fourth-order valence-electron chi connectivity index (χ4n) is 4.83. The summed E-state index contributed by atoms with van der Waals surface area (Å²) in [7, 11) is 3.39. The van der Waals surface area contributed by atoms with Crippen molar-refractivity contribution in [2.24, 2.45) is 0 Å². The van der Waals surface area contributed by atoms with E-state index in [0.717, 1.165) is 36.5 Å². The summed E-state index contributed by atoms with van der Waals surface area (Å²) in [5.74, 6) is 2.78. The summed E-state index contributed by atoms with van der Waals surface area (Å²) < 4.78 is 22.0. The summed E-state index contributed by atoms with van der Waals surface area (Å²) >= 11 is 1.88. The van der Waals surface area contributed by atoms with Crippen LogP contribution in [0.1, 0.15) is 68.9 Å². The van der Waals surface area contributed by atoms with Gasteiger partial charge in [0, 0.05) is 18.9 Å². The highest BCUT2D eigenvalue weighted by atomic mass is 32.2. The van der Waals surface area contributed by atoms with Crippen LogP contribution in [0.15, 0.2) is 42.5 Å². The molecule has 186 valence electrons. The first-order chi connectivity index (χ1) is 16.5. The Morgan fingerprint density at radius 3 is 2.26 bits per heavy atom. The second kappa shape index (κ2) is 12.9. The molecule has 0 fully saturated rings. The van der Waals surface area contributed by atoms with Gasteiger partial charge in [-0.25, -0.2) is 0 Å². The summed E-state index contributed by atoms with van der Waals surface area (Å²) in [6.07, 6.45) is 10.1. The van der Waals surface area contributed by atoms with Crippen molar-refractivity contribution < 1.29 is 23.7 Å². The molecule has 2 unspecified atom stereocenters. The standard InChI is InChI=1S/C28H38O5S/c1-21(29)32-18-10-8-6-5-7-9-11-26-25-17-16-24(31-3)19-27(25)33-20-28(26,34-4)22-12-14-23(30-2)15-13-22/h12-17,19,26H,5-11,18,20H2,1-4H3. The summed E-state index contributed by atoms with van der Waals surface area (Å²) in [6, 6.07) is 14.7. The number of esters is 1. The average Bonchev–Trinajstić information content (AvgIpc) is 2.87. The highest BCUT2D eigenvalue weighted by Gasteiger charge is 2.45. The highest BCUT2D eigenvalue weighted by molar-refractivity contribution is 7.99. The number of thioether (sulfide) groups is 1. The molecule has 0 spiro atoms. The molecule has 1 heterocycles. The third kappa shape index (κ3) is 6.41. The van der Waals surface area contributed by atoms with Crippen molar-refractivity contribution in [1.82, 2.24) is 0 Å². The maximum Gasteiger partial charge on any atom is 0.302 e. The molecular formula is C28H38O5S. The molecule has 2 aromatic rings. The molecule has 34 heavy (non-hydrogen) atoms. The number of rotatable bonds is 13. The Morgan fingerprint density at radius 1 is 0.971 bits per heavy atom. The molecule has 0 aliphatic carbocycles. The predicted octanol–water partition coefficient (Wildman–Crippen LogP) is 6.73. The molecule has 1 aliphatic rings. The van der Waals surface area contributed by atoms with Gasteiger partial charge in [0.1, 0.15) is 23.9 Å². The van der Waals surface area contributed by atoms with Gasteiger partial charge in [-0.1, -0.05) is 50.3 Å². The molecule has 0 saturated carbocycles. The van der Waals surface area contributed by atoms with E-state index in [4.69, 9.17) is 18.9 Å². The van der Waals surface area contributed by atoms with Crippen molar-refractivity contribution >= 4 is 17.7 Å². The molecule has 0 aromatic heterocycles. The van der Waals surface area contributed by atoms with E-state index in [1.807, 2.05) is 36.0 Å². The van der Waals surface area contributed by atoms with E-state index < -0.39 is 0 Å². The quantitative estimate of drug-likeness (QED) is 0.231. The SMILES string of the molecule is COc1ccc(C2(SC)COc3cc(OC)ccc3C2CCCCCCCCOC(C)=O)cc1. The van der Waals surface area contributed by atoms with E-state index in [2.05, 4.69) is 24.5 Å². The number of ether oxygens (including phenoxy) is 4. The lowest BCUT2D eigenvalue weighted by atomic mass is 9.76. The Kier molecular flexibility index (Phi) is 10.00. The van der Waals surface area contributed by atoms with Crippen LogP contribution in [-0.4, -0.2) is 39.7 Å². The van der Waals surface area contributed by atoms with Crippen LogP contribution in [0.3, 0.4) is 0 Å². The van der Waals surface area contributed by atoms with Crippen LogP contribution in [-0.2, 0) is 14.3 Å². The van der Waals surface area contributed by atoms with Gasteiger partial charge < -0.3 is 18.9 Å². The van der Waals surface area contributed by atoms with E-state index in [1.165, 1.54) is 43.7 Å². The predicted molar refractivity (Wildman–Crippen MR) is 138 cm³/mol. The van der Waals surface area contributed by atoms with Crippen molar-refractivity contribution in [2.75, 3.05) is 33.7 Å². The molecule has 3 rings (SSSR count). The van der Waals surface area contributed by atoms with Gasteiger partial charge in [0.15, 0.2) is 0 Å². The molecule has 5 nitrogen and oxygen atoms in total. The molecule has 0 bridgehead atoms. The summed E-state index contributed by atoms with van der Waals surface area (Å²) in [6.45, 7) is 2.63. The molecule has 0 amide bonds. The lowest BCUT2D eigenvalue weighted by molar-refractivity contribution is -0.141. The topological polar surface area (TPSA) is 54.0 Å². The van der Waals surface area contributed by atoms with Gasteiger partial charge in [-0.3, -0.25) is 4.79 Å². The van der Waals surface area contributed by atoms with E-state index in [9.17, 15) is 4.79 Å². The first-order valence-corrected chi connectivity index (χ1v) is 13.4. The Bertz CT molecular complexity index is 914. The molecule has 2 aromatic carbocycles. The van der Waals surface area contributed by atoms with Crippen molar-refractivity contribution in [1.29, 1.82) is 0 Å². The zero-order valence-electron chi connectivity index (χ0n) is 20.9. The fraction of sp³-hybridized carbons (Fsp3) is 0.536. The third-order valence-corrected chi connectivity index (χ3v) is 8.10. The van der Waals surface area contributed by atoms with Gasteiger partial charge >= 0.3 is 5.97 Å². The number of hydrogen-bond acceptors (Lipinski definition) is 6. The summed E-state index contributed by atoms with van der Waals surface area (Å²) in [5, 5.41) is 0. The van der Waals surface area contributed by atoms with Gasteiger partial charge in [-0.15, -0.1) is 11.8 Å². The molecule has 6 heteroatoms. The molecular weight excluding hydrogens is 448 g/mol. The number of carbonyl (C=O) groups excluding carboxylic acids is 1. The number of carbonyl (C=O) groups is 1. The number of methoxy groups -OCH3 is 2. The summed E-state index contributed by atoms with van der Waals surface area (Å²) in [4.78, 5) is 10.9. The largest absolute Gasteiger partial charge is 0.497 e. The number of unbranched alkanes of at least 4 members (excludes halogenated alkanes) is 5. The monoisotopic (exact) mass is 486 g/mol. The number of benzene rings is 2.